The van der Waals surface area contributed by atoms with Gasteiger partial charge in [0.05, 0.1) is 5.69 Å². The van der Waals surface area contributed by atoms with Crippen LogP contribution in [0.2, 0.25) is 5.02 Å². The van der Waals surface area contributed by atoms with Gasteiger partial charge in [0.25, 0.3) is 5.91 Å². The molecule has 0 radical (unpaired) electrons. The van der Waals surface area contributed by atoms with Crippen LogP contribution < -0.4 is 10.6 Å². The third-order valence-corrected chi connectivity index (χ3v) is 5.62. The van der Waals surface area contributed by atoms with Gasteiger partial charge in [0.1, 0.15) is 5.01 Å². The molecule has 154 valence electrons. The second-order valence-electron chi connectivity index (χ2n) is 6.84. The molecular formula is C24H18ClN3O2S. The molecule has 0 aliphatic carbocycles. The minimum Gasteiger partial charge on any atom is -0.326 e. The van der Waals surface area contributed by atoms with E-state index in [1.54, 1.807) is 35.6 Å². The Labute approximate surface area is 188 Å². The van der Waals surface area contributed by atoms with Crippen LogP contribution >= 0.6 is 22.9 Å². The minimum atomic E-state index is -0.251. The van der Waals surface area contributed by atoms with E-state index < -0.39 is 0 Å². The number of carbonyl (C=O) groups is 2. The van der Waals surface area contributed by atoms with Crippen LogP contribution in [0.3, 0.4) is 0 Å². The number of anilines is 2. The van der Waals surface area contributed by atoms with Gasteiger partial charge in [0.2, 0.25) is 5.91 Å². The highest BCUT2D eigenvalue weighted by Gasteiger charge is 2.10. The Morgan fingerprint density at radius 2 is 1.58 bits per heavy atom. The lowest BCUT2D eigenvalue weighted by atomic mass is 10.1. The molecular weight excluding hydrogens is 430 g/mol. The highest BCUT2D eigenvalue weighted by Crippen LogP contribution is 2.30. The van der Waals surface area contributed by atoms with Gasteiger partial charge >= 0.3 is 0 Å². The fourth-order valence-corrected chi connectivity index (χ4v) is 3.96. The fourth-order valence-electron chi connectivity index (χ4n) is 3.00. The smallest absolute Gasteiger partial charge is 0.255 e. The molecule has 31 heavy (non-hydrogen) atoms. The van der Waals surface area contributed by atoms with Gasteiger partial charge < -0.3 is 10.6 Å². The van der Waals surface area contributed by atoms with Crippen molar-refractivity contribution in [3.05, 3.63) is 88.8 Å². The largest absolute Gasteiger partial charge is 0.326 e. The van der Waals surface area contributed by atoms with E-state index in [9.17, 15) is 9.59 Å². The van der Waals surface area contributed by atoms with Crippen molar-refractivity contribution >= 4 is 46.1 Å². The van der Waals surface area contributed by atoms with Gasteiger partial charge in [-0.1, -0.05) is 41.9 Å². The van der Waals surface area contributed by atoms with Crippen LogP contribution in [-0.2, 0) is 4.79 Å². The first-order valence-corrected chi connectivity index (χ1v) is 10.7. The molecule has 7 heteroatoms. The van der Waals surface area contributed by atoms with E-state index >= 15 is 0 Å². The van der Waals surface area contributed by atoms with Crippen LogP contribution in [0.15, 0.2) is 78.2 Å². The van der Waals surface area contributed by atoms with E-state index in [1.165, 1.54) is 6.92 Å². The molecule has 0 bridgehead atoms. The van der Waals surface area contributed by atoms with E-state index in [-0.39, 0.29) is 11.8 Å². The summed E-state index contributed by atoms with van der Waals surface area (Å²) in [6, 6.07) is 21.9. The van der Waals surface area contributed by atoms with Crippen molar-refractivity contribution in [2.75, 3.05) is 10.6 Å². The molecule has 0 saturated heterocycles. The number of nitrogens with one attached hydrogen (secondary N) is 2. The number of amides is 2. The molecule has 0 aliphatic rings. The van der Waals surface area contributed by atoms with Crippen LogP contribution in [0.5, 0.6) is 0 Å². The summed E-state index contributed by atoms with van der Waals surface area (Å²) in [6.45, 7) is 1.43. The lowest BCUT2D eigenvalue weighted by Gasteiger charge is -2.08. The maximum atomic E-state index is 12.5. The Kier molecular flexibility index (Phi) is 6.11. The molecule has 1 aromatic heterocycles. The predicted octanol–water partition coefficient (Wildman–Crippen LogP) is 6.34. The number of rotatable bonds is 5. The van der Waals surface area contributed by atoms with Gasteiger partial charge in [0.15, 0.2) is 0 Å². The van der Waals surface area contributed by atoms with Gasteiger partial charge in [-0.15, -0.1) is 11.3 Å². The zero-order chi connectivity index (χ0) is 21.8. The van der Waals surface area contributed by atoms with Crippen molar-refractivity contribution in [1.29, 1.82) is 0 Å². The number of aromatic nitrogens is 1. The van der Waals surface area contributed by atoms with Gasteiger partial charge in [-0.2, -0.15) is 0 Å². The van der Waals surface area contributed by atoms with Crippen molar-refractivity contribution in [2.24, 2.45) is 0 Å². The standard InChI is InChI=1S/C24H18ClN3O2S/c1-15(29)26-21-4-2-3-18(13-21)23(30)27-20-11-7-16(8-12-20)22-14-31-24(28-22)17-5-9-19(25)10-6-17/h2-14H,1H3,(H,26,29)(H,27,30). The Morgan fingerprint density at radius 3 is 2.29 bits per heavy atom. The summed E-state index contributed by atoms with van der Waals surface area (Å²) in [4.78, 5) is 28.5. The maximum Gasteiger partial charge on any atom is 0.255 e. The number of carbonyl (C=O) groups excluding carboxylic acids is 2. The van der Waals surface area contributed by atoms with E-state index in [0.29, 0.717) is 22.0 Å². The summed E-state index contributed by atoms with van der Waals surface area (Å²) in [5, 5.41) is 9.17. The van der Waals surface area contributed by atoms with Crippen LogP contribution in [0.4, 0.5) is 11.4 Å². The highest BCUT2D eigenvalue weighted by atomic mass is 35.5. The molecule has 4 rings (SSSR count). The zero-order valence-electron chi connectivity index (χ0n) is 16.6. The van der Waals surface area contributed by atoms with Crippen LogP contribution in [-0.4, -0.2) is 16.8 Å². The summed E-state index contributed by atoms with van der Waals surface area (Å²) < 4.78 is 0. The molecule has 4 aromatic rings. The minimum absolute atomic E-state index is 0.186. The topological polar surface area (TPSA) is 71.1 Å². The third-order valence-electron chi connectivity index (χ3n) is 4.48. The van der Waals surface area contributed by atoms with Crippen molar-refractivity contribution in [1.82, 2.24) is 4.98 Å². The summed E-state index contributed by atoms with van der Waals surface area (Å²) in [7, 11) is 0. The van der Waals surface area contributed by atoms with Crippen molar-refractivity contribution in [2.45, 2.75) is 6.92 Å². The number of thiazole rings is 1. The third kappa shape index (κ3) is 5.17. The lowest BCUT2D eigenvalue weighted by molar-refractivity contribution is -0.114. The number of nitrogens with zero attached hydrogens (tertiary/aromatic N) is 1. The van der Waals surface area contributed by atoms with E-state index in [4.69, 9.17) is 16.6 Å². The molecule has 2 N–H and O–H groups in total. The second kappa shape index (κ2) is 9.12. The Morgan fingerprint density at radius 1 is 0.871 bits per heavy atom. The first-order chi connectivity index (χ1) is 15.0. The molecule has 0 saturated carbocycles. The van der Waals surface area contributed by atoms with Crippen LogP contribution in [0.1, 0.15) is 17.3 Å². The Bertz CT molecular complexity index is 1230. The van der Waals surface area contributed by atoms with E-state index in [2.05, 4.69) is 10.6 Å². The molecule has 0 spiro atoms. The number of hydrogen-bond acceptors (Lipinski definition) is 4. The average molecular weight is 448 g/mol. The quantitative estimate of drug-likeness (QED) is 0.375. The average Bonchev–Trinajstić information content (AvgIpc) is 3.25. The van der Waals surface area contributed by atoms with Gasteiger partial charge in [0, 0.05) is 45.4 Å². The molecule has 3 aromatic carbocycles. The van der Waals surface area contributed by atoms with Crippen molar-refractivity contribution < 1.29 is 9.59 Å². The van der Waals surface area contributed by atoms with Gasteiger partial charge in [-0.05, 0) is 42.5 Å². The van der Waals surface area contributed by atoms with Crippen molar-refractivity contribution in [3.63, 3.8) is 0 Å². The SMILES string of the molecule is CC(=O)Nc1cccc(C(=O)Nc2ccc(-c3csc(-c4ccc(Cl)cc4)n3)cc2)c1. The number of halogens is 1. The summed E-state index contributed by atoms with van der Waals surface area (Å²) >= 11 is 7.52. The lowest BCUT2D eigenvalue weighted by Crippen LogP contribution is -2.13. The monoisotopic (exact) mass is 447 g/mol. The normalized spacial score (nSPS) is 10.5. The van der Waals surface area contributed by atoms with Gasteiger partial charge in [-0.25, -0.2) is 4.98 Å². The molecule has 0 unspecified atom stereocenters. The molecule has 0 fully saturated rings. The first-order valence-electron chi connectivity index (χ1n) is 9.49. The zero-order valence-corrected chi connectivity index (χ0v) is 18.1. The van der Waals surface area contributed by atoms with Crippen molar-refractivity contribution in [3.8, 4) is 21.8 Å². The summed E-state index contributed by atoms with van der Waals surface area (Å²) in [5.41, 5.74) is 4.56. The van der Waals surface area contributed by atoms with Crippen LogP contribution in [0.25, 0.3) is 21.8 Å². The number of hydrogen-bond donors (Lipinski definition) is 2. The Balaban J connectivity index is 1.46. The molecule has 0 atom stereocenters. The predicted molar refractivity (Wildman–Crippen MR) is 127 cm³/mol. The molecule has 0 aliphatic heterocycles. The number of benzene rings is 3. The molecule has 1 heterocycles. The van der Waals surface area contributed by atoms with E-state index in [1.807, 2.05) is 53.9 Å². The van der Waals surface area contributed by atoms with Crippen LogP contribution in [0, 0.1) is 0 Å². The van der Waals surface area contributed by atoms with Gasteiger partial charge in [-0.3, -0.25) is 9.59 Å². The molecule has 5 nitrogen and oxygen atoms in total. The van der Waals surface area contributed by atoms with E-state index in [0.717, 1.165) is 21.8 Å². The highest BCUT2D eigenvalue weighted by molar-refractivity contribution is 7.13. The maximum absolute atomic E-state index is 12.5. The second-order valence-corrected chi connectivity index (χ2v) is 8.13. The summed E-state index contributed by atoms with van der Waals surface area (Å²) in [5.74, 6) is -0.437. The Hall–Kier alpha value is -3.48. The first kappa shape index (κ1) is 20.8. The summed E-state index contributed by atoms with van der Waals surface area (Å²) in [6.07, 6.45) is 0. The fraction of sp³-hybridized carbons (Fsp3) is 0.0417. The molecule has 2 amide bonds.